The summed E-state index contributed by atoms with van der Waals surface area (Å²) in [6.45, 7) is 2.47. The Morgan fingerprint density at radius 1 is 1.08 bits per heavy atom. The van der Waals surface area contributed by atoms with Gasteiger partial charge in [0, 0.05) is 51.3 Å². The van der Waals surface area contributed by atoms with Crippen molar-refractivity contribution in [2.75, 3.05) is 27.2 Å². The van der Waals surface area contributed by atoms with Gasteiger partial charge in [0.2, 0.25) is 0 Å². The Hall–Kier alpha value is -3.22. The lowest BCUT2D eigenvalue weighted by molar-refractivity contribution is 0.0715. The van der Waals surface area contributed by atoms with E-state index in [0.29, 0.717) is 24.5 Å². The molecule has 0 saturated heterocycles. The number of fused-ring (bicyclic) bond motifs is 1. The topological polar surface area (TPSA) is 79.5 Å². The minimum absolute atomic E-state index is 0.115. The Labute approximate surface area is 151 Å². The molecule has 3 rings (SSSR count). The molecule has 0 aliphatic heterocycles. The number of rotatable bonds is 5. The molecule has 2 aromatic heterocycles. The Morgan fingerprint density at radius 2 is 1.81 bits per heavy atom. The predicted molar refractivity (Wildman–Crippen MR) is 96.9 cm³/mol. The summed E-state index contributed by atoms with van der Waals surface area (Å²) >= 11 is 0. The molecule has 7 nitrogen and oxygen atoms in total. The van der Waals surface area contributed by atoms with Crippen LogP contribution >= 0.6 is 0 Å². The van der Waals surface area contributed by atoms with E-state index < -0.39 is 0 Å². The van der Waals surface area contributed by atoms with Gasteiger partial charge in [-0.25, -0.2) is 4.98 Å². The first kappa shape index (κ1) is 17.6. The van der Waals surface area contributed by atoms with E-state index in [9.17, 15) is 9.59 Å². The van der Waals surface area contributed by atoms with Crippen molar-refractivity contribution >= 4 is 22.7 Å². The molecule has 0 bridgehead atoms. The Morgan fingerprint density at radius 3 is 2.50 bits per heavy atom. The number of pyridine rings is 1. The van der Waals surface area contributed by atoms with Crippen LogP contribution in [-0.4, -0.2) is 58.8 Å². The monoisotopic (exact) mass is 352 g/mol. The first-order valence-electron chi connectivity index (χ1n) is 8.23. The summed E-state index contributed by atoms with van der Waals surface area (Å²) < 4.78 is 5.06. The summed E-state index contributed by atoms with van der Waals surface area (Å²) in [5.74, 6) is 0.0900. The van der Waals surface area contributed by atoms with Crippen LogP contribution < -0.4 is 0 Å². The number of likely N-dealkylation sites (N-methyl/N-ethyl adjacent to an activating group) is 2. The van der Waals surface area contributed by atoms with Crippen molar-refractivity contribution in [1.29, 1.82) is 0 Å². The normalized spacial score (nSPS) is 10.7. The van der Waals surface area contributed by atoms with Crippen molar-refractivity contribution in [1.82, 2.24) is 19.8 Å². The molecule has 0 spiro atoms. The molecule has 1 aromatic carbocycles. The van der Waals surface area contributed by atoms with Crippen LogP contribution in [0, 0.1) is 6.92 Å². The molecule has 7 heteroatoms. The van der Waals surface area contributed by atoms with Gasteiger partial charge in [0.15, 0.2) is 11.6 Å². The fourth-order valence-electron chi connectivity index (χ4n) is 2.58. The summed E-state index contributed by atoms with van der Waals surface area (Å²) in [4.78, 5) is 36.3. The third-order valence-corrected chi connectivity index (χ3v) is 4.16. The van der Waals surface area contributed by atoms with Crippen LogP contribution in [-0.2, 0) is 0 Å². The lowest BCUT2D eigenvalue weighted by Crippen LogP contribution is -2.37. The molecule has 3 aromatic rings. The number of hydrogen-bond acceptors (Lipinski definition) is 5. The van der Waals surface area contributed by atoms with Crippen LogP contribution in [0.3, 0.4) is 0 Å². The number of nitrogens with zero attached hydrogens (tertiary/aromatic N) is 4. The third kappa shape index (κ3) is 3.72. The van der Waals surface area contributed by atoms with Crippen molar-refractivity contribution in [3.05, 3.63) is 59.9 Å². The Balaban J connectivity index is 1.62. The molecule has 26 heavy (non-hydrogen) atoms. The molecule has 0 atom stereocenters. The maximum Gasteiger partial charge on any atom is 0.275 e. The SMILES string of the molecule is Cc1nc(C(=O)N(C)CCN(C)C(=O)c2ccc3cccnc3c2)co1. The van der Waals surface area contributed by atoms with Crippen LogP contribution in [0.2, 0.25) is 0 Å². The highest BCUT2D eigenvalue weighted by atomic mass is 16.3. The average Bonchev–Trinajstić information content (AvgIpc) is 3.10. The molecule has 0 saturated carbocycles. The van der Waals surface area contributed by atoms with E-state index in [1.165, 1.54) is 11.2 Å². The second-order valence-corrected chi connectivity index (χ2v) is 6.12. The van der Waals surface area contributed by atoms with Gasteiger partial charge in [-0.3, -0.25) is 14.6 Å². The van der Waals surface area contributed by atoms with Gasteiger partial charge in [0.1, 0.15) is 6.26 Å². The highest BCUT2D eigenvalue weighted by molar-refractivity contribution is 5.97. The summed E-state index contributed by atoms with van der Waals surface area (Å²) in [5, 5.41) is 0.986. The second kappa shape index (κ2) is 7.35. The van der Waals surface area contributed by atoms with E-state index in [0.717, 1.165) is 10.9 Å². The predicted octanol–water partition coefficient (Wildman–Crippen LogP) is 2.38. The van der Waals surface area contributed by atoms with E-state index in [1.807, 2.05) is 18.2 Å². The van der Waals surface area contributed by atoms with Gasteiger partial charge in [0.25, 0.3) is 11.8 Å². The summed E-state index contributed by atoms with van der Waals surface area (Å²) in [6.07, 6.45) is 3.04. The van der Waals surface area contributed by atoms with Crippen LogP contribution in [0.15, 0.2) is 47.2 Å². The van der Waals surface area contributed by atoms with Crippen LogP contribution in [0.5, 0.6) is 0 Å². The van der Waals surface area contributed by atoms with E-state index in [-0.39, 0.29) is 17.5 Å². The number of amides is 2. The molecule has 0 aliphatic carbocycles. The largest absolute Gasteiger partial charge is 0.448 e. The highest BCUT2D eigenvalue weighted by Crippen LogP contribution is 2.14. The van der Waals surface area contributed by atoms with Gasteiger partial charge in [0.05, 0.1) is 5.52 Å². The summed E-state index contributed by atoms with van der Waals surface area (Å²) in [5.41, 5.74) is 1.61. The number of aryl methyl sites for hydroxylation is 1. The zero-order valence-electron chi connectivity index (χ0n) is 15.0. The molecule has 0 aliphatic rings. The van der Waals surface area contributed by atoms with Gasteiger partial charge in [-0.05, 0) is 18.2 Å². The minimum Gasteiger partial charge on any atom is -0.448 e. The van der Waals surface area contributed by atoms with Gasteiger partial charge < -0.3 is 14.2 Å². The number of carbonyl (C=O) groups is 2. The van der Waals surface area contributed by atoms with Crippen LogP contribution in [0.25, 0.3) is 10.9 Å². The molecule has 2 amide bonds. The first-order valence-corrected chi connectivity index (χ1v) is 8.23. The van der Waals surface area contributed by atoms with Gasteiger partial charge in [-0.15, -0.1) is 0 Å². The van der Waals surface area contributed by atoms with Crippen LogP contribution in [0.4, 0.5) is 0 Å². The zero-order chi connectivity index (χ0) is 18.7. The maximum absolute atomic E-state index is 12.6. The quantitative estimate of drug-likeness (QED) is 0.704. The number of carbonyl (C=O) groups excluding carboxylic acids is 2. The zero-order valence-corrected chi connectivity index (χ0v) is 15.0. The van der Waals surface area contributed by atoms with Gasteiger partial charge >= 0.3 is 0 Å². The molecule has 2 heterocycles. The minimum atomic E-state index is -0.238. The van der Waals surface area contributed by atoms with Gasteiger partial charge in [-0.2, -0.15) is 0 Å². The number of oxazole rings is 1. The number of aromatic nitrogens is 2. The molecule has 0 N–H and O–H groups in total. The summed E-state index contributed by atoms with van der Waals surface area (Å²) in [6, 6.07) is 9.26. The van der Waals surface area contributed by atoms with E-state index in [4.69, 9.17) is 4.42 Å². The van der Waals surface area contributed by atoms with E-state index in [1.54, 1.807) is 44.2 Å². The van der Waals surface area contributed by atoms with Crippen molar-refractivity contribution in [3.8, 4) is 0 Å². The van der Waals surface area contributed by atoms with Crippen molar-refractivity contribution < 1.29 is 14.0 Å². The average molecular weight is 352 g/mol. The number of hydrogen-bond donors (Lipinski definition) is 0. The standard InChI is InChI=1S/C19H20N4O3/c1-13-21-17(12-26-13)19(25)23(3)10-9-22(2)18(24)15-7-6-14-5-4-8-20-16(14)11-15/h4-8,11-12H,9-10H2,1-3H3. The molecular formula is C19H20N4O3. The first-order chi connectivity index (χ1) is 12.5. The Bertz CT molecular complexity index is 951. The number of benzene rings is 1. The van der Waals surface area contributed by atoms with Crippen molar-refractivity contribution in [3.63, 3.8) is 0 Å². The molecule has 0 fully saturated rings. The molecule has 0 unspecified atom stereocenters. The summed E-state index contributed by atoms with van der Waals surface area (Å²) in [7, 11) is 3.38. The van der Waals surface area contributed by atoms with Crippen molar-refractivity contribution in [2.45, 2.75) is 6.92 Å². The molecular weight excluding hydrogens is 332 g/mol. The second-order valence-electron chi connectivity index (χ2n) is 6.12. The highest BCUT2D eigenvalue weighted by Gasteiger charge is 2.18. The lowest BCUT2D eigenvalue weighted by Gasteiger charge is -2.22. The maximum atomic E-state index is 12.6. The van der Waals surface area contributed by atoms with Gasteiger partial charge in [-0.1, -0.05) is 12.1 Å². The van der Waals surface area contributed by atoms with E-state index in [2.05, 4.69) is 9.97 Å². The van der Waals surface area contributed by atoms with Crippen LogP contribution in [0.1, 0.15) is 26.7 Å². The smallest absolute Gasteiger partial charge is 0.275 e. The lowest BCUT2D eigenvalue weighted by atomic mass is 10.1. The van der Waals surface area contributed by atoms with Crippen molar-refractivity contribution in [2.24, 2.45) is 0 Å². The third-order valence-electron chi connectivity index (χ3n) is 4.16. The Kier molecular flexibility index (Phi) is 4.97. The molecule has 134 valence electrons. The fraction of sp³-hybridized carbons (Fsp3) is 0.263. The molecule has 0 radical (unpaired) electrons. The van der Waals surface area contributed by atoms with E-state index >= 15 is 0 Å². The fourth-order valence-corrected chi connectivity index (χ4v) is 2.58.